The second-order valence-corrected chi connectivity index (χ2v) is 8.78. The van der Waals surface area contributed by atoms with Crippen molar-refractivity contribution >= 4 is 34.4 Å². The van der Waals surface area contributed by atoms with Crippen molar-refractivity contribution in [1.82, 2.24) is 19.4 Å². The van der Waals surface area contributed by atoms with Gasteiger partial charge in [0.05, 0.1) is 17.4 Å². The predicted molar refractivity (Wildman–Crippen MR) is 118 cm³/mol. The lowest BCUT2D eigenvalue weighted by Crippen LogP contribution is -2.53. The van der Waals surface area contributed by atoms with Crippen LogP contribution in [0.15, 0.2) is 42.7 Å². The number of aliphatic hydroxyl groups is 1. The highest BCUT2D eigenvalue weighted by Gasteiger charge is 2.50. The van der Waals surface area contributed by atoms with Crippen molar-refractivity contribution in [2.24, 2.45) is 7.05 Å². The molecular formula is C23H23ClN4O3. The van der Waals surface area contributed by atoms with Gasteiger partial charge in [-0.25, -0.2) is 4.98 Å². The molecule has 2 fully saturated rings. The molecule has 31 heavy (non-hydrogen) atoms. The summed E-state index contributed by atoms with van der Waals surface area (Å²) in [5.41, 5.74) is 3.08. The van der Waals surface area contributed by atoms with E-state index in [1.807, 2.05) is 35.9 Å². The fraction of sp³-hybridized carbons (Fsp3) is 0.348. The summed E-state index contributed by atoms with van der Waals surface area (Å²) < 4.78 is 1.96. The Hall–Kier alpha value is -2.90. The molecule has 7 nitrogen and oxygen atoms in total. The number of rotatable bonds is 3. The summed E-state index contributed by atoms with van der Waals surface area (Å²) in [6.07, 6.45) is 2.84. The molecule has 1 saturated heterocycles. The smallest absolute Gasteiger partial charge is 0.254 e. The number of aromatic nitrogens is 2. The van der Waals surface area contributed by atoms with E-state index in [-0.39, 0.29) is 11.8 Å². The van der Waals surface area contributed by atoms with E-state index >= 15 is 0 Å². The average Bonchev–Trinajstić information content (AvgIpc) is 3.44. The van der Waals surface area contributed by atoms with Crippen LogP contribution in [0.3, 0.4) is 0 Å². The highest BCUT2D eigenvalue weighted by Crippen LogP contribution is 2.37. The van der Waals surface area contributed by atoms with E-state index in [1.54, 1.807) is 28.3 Å². The number of piperazine rings is 1. The number of aryl methyl sites for hydroxylation is 1. The van der Waals surface area contributed by atoms with Crippen LogP contribution in [0.2, 0.25) is 5.02 Å². The maximum atomic E-state index is 13.0. The Labute approximate surface area is 184 Å². The topological polar surface area (TPSA) is 78.7 Å². The number of amides is 2. The second-order valence-electron chi connectivity index (χ2n) is 8.37. The van der Waals surface area contributed by atoms with Gasteiger partial charge in [0.1, 0.15) is 5.60 Å². The molecule has 0 spiro atoms. The van der Waals surface area contributed by atoms with Gasteiger partial charge in [-0.3, -0.25) is 9.59 Å². The average molecular weight is 439 g/mol. The summed E-state index contributed by atoms with van der Waals surface area (Å²) in [4.78, 5) is 33.0. The van der Waals surface area contributed by atoms with Gasteiger partial charge in [0.25, 0.3) is 11.8 Å². The fourth-order valence-electron chi connectivity index (χ4n) is 4.11. The molecule has 8 heteroatoms. The molecule has 0 unspecified atom stereocenters. The number of carbonyl (C=O) groups is 2. The van der Waals surface area contributed by atoms with Crippen LogP contribution in [0.4, 0.5) is 0 Å². The summed E-state index contributed by atoms with van der Waals surface area (Å²) in [7, 11) is 1.95. The third-order valence-electron chi connectivity index (χ3n) is 6.23. The van der Waals surface area contributed by atoms with Crippen LogP contribution < -0.4 is 0 Å². The number of carbonyl (C=O) groups excluding carboxylic acids is 2. The zero-order valence-corrected chi connectivity index (χ0v) is 18.0. The summed E-state index contributed by atoms with van der Waals surface area (Å²) in [6.45, 7) is 1.75. The normalized spacial score (nSPS) is 17.8. The molecule has 2 heterocycles. The van der Waals surface area contributed by atoms with E-state index in [2.05, 4.69) is 4.98 Å². The standard InChI is InChI=1S/C23H23ClN4O3/c1-26-14-25-19-13-15(3-5-20(19)26)17-4-2-16(12-18(17)24)21(29)27-8-10-28(11-9-27)22(30)23(31)6-7-23/h2-5,12-14,31H,6-11H2,1H3. The summed E-state index contributed by atoms with van der Waals surface area (Å²) in [5, 5.41) is 10.5. The van der Waals surface area contributed by atoms with Crippen molar-refractivity contribution in [3.05, 3.63) is 53.3 Å². The second kappa shape index (κ2) is 7.35. The minimum absolute atomic E-state index is 0.106. The van der Waals surface area contributed by atoms with Gasteiger partial charge in [0.2, 0.25) is 0 Å². The summed E-state index contributed by atoms with van der Waals surface area (Å²) in [6, 6.07) is 11.3. The number of benzene rings is 2. The van der Waals surface area contributed by atoms with Crippen molar-refractivity contribution < 1.29 is 14.7 Å². The van der Waals surface area contributed by atoms with Crippen LogP contribution in [0.25, 0.3) is 22.2 Å². The monoisotopic (exact) mass is 438 g/mol. The molecule has 0 atom stereocenters. The molecule has 2 amide bonds. The molecule has 2 aromatic carbocycles. The van der Waals surface area contributed by atoms with Crippen LogP contribution in [0.1, 0.15) is 23.2 Å². The number of hydrogen-bond acceptors (Lipinski definition) is 4. The third kappa shape index (κ3) is 3.58. The Morgan fingerprint density at radius 1 is 1.03 bits per heavy atom. The third-order valence-corrected chi connectivity index (χ3v) is 6.54. The quantitative estimate of drug-likeness (QED) is 0.682. The number of fused-ring (bicyclic) bond motifs is 1. The lowest BCUT2D eigenvalue weighted by molar-refractivity contribution is -0.143. The van der Waals surface area contributed by atoms with E-state index in [9.17, 15) is 14.7 Å². The fourth-order valence-corrected chi connectivity index (χ4v) is 4.40. The predicted octanol–water partition coefficient (Wildman–Crippen LogP) is 2.70. The number of imidazole rings is 1. The zero-order valence-electron chi connectivity index (χ0n) is 17.2. The van der Waals surface area contributed by atoms with Crippen molar-refractivity contribution in [3.8, 4) is 11.1 Å². The number of hydrogen-bond donors (Lipinski definition) is 1. The van der Waals surface area contributed by atoms with Crippen LogP contribution in [0, 0.1) is 0 Å². The summed E-state index contributed by atoms with van der Waals surface area (Å²) >= 11 is 6.55. The number of halogens is 1. The zero-order chi connectivity index (χ0) is 21.8. The van der Waals surface area contributed by atoms with Crippen molar-refractivity contribution in [2.45, 2.75) is 18.4 Å². The molecule has 1 aliphatic carbocycles. The highest BCUT2D eigenvalue weighted by atomic mass is 35.5. The lowest BCUT2D eigenvalue weighted by atomic mass is 10.0. The van der Waals surface area contributed by atoms with E-state index in [0.717, 1.165) is 22.2 Å². The Kier molecular flexibility index (Phi) is 4.75. The first-order valence-electron chi connectivity index (χ1n) is 10.4. The van der Waals surface area contributed by atoms with Crippen LogP contribution in [-0.2, 0) is 11.8 Å². The molecule has 0 radical (unpaired) electrons. The molecule has 160 valence electrons. The first-order chi connectivity index (χ1) is 14.9. The molecule has 1 aromatic heterocycles. The Balaban J connectivity index is 1.30. The van der Waals surface area contributed by atoms with Gasteiger partial charge in [-0.1, -0.05) is 23.7 Å². The molecule has 3 aromatic rings. The Bertz CT molecular complexity index is 1190. The molecule has 0 bridgehead atoms. The first kappa shape index (κ1) is 20.0. The highest BCUT2D eigenvalue weighted by molar-refractivity contribution is 6.33. The van der Waals surface area contributed by atoms with Gasteiger partial charge >= 0.3 is 0 Å². The maximum absolute atomic E-state index is 13.0. The molecule has 1 N–H and O–H groups in total. The largest absolute Gasteiger partial charge is 0.380 e. The number of nitrogens with zero attached hydrogens (tertiary/aromatic N) is 4. The van der Waals surface area contributed by atoms with Gasteiger partial charge in [-0.05, 0) is 42.7 Å². The Morgan fingerprint density at radius 3 is 2.42 bits per heavy atom. The van der Waals surface area contributed by atoms with Crippen LogP contribution in [0.5, 0.6) is 0 Å². The molecule has 2 aliphatic rings. The van der Waals surface area contributed by atoms with Gasteiger partial charge in [-0.15, -0.1) is 0 Å². The molecule has 1 saturated carbocycles. The van der Waals surface area contributed by atoms with Crippen LogP contribution >= 0.6 is 11.6 Å². The van der Waals surface area contributed by atoms with Crippen molar-refractivity contribution in [2.75, 3.05) is 26.2 Å². The molecule has 1 aliphatic heterocycles. The van der Waals surface area contributed by atoms with Gasteiger partial charge in [0.15, 0.2) is 0 Å². The van der Waals surface area contributed by atoms with Crippen molar-refractivity contribution in [1.29, 1.82) is 0 Å². The van der Waals surface area contributed by atoms with E-state index < -0.39 is 5.60 Å². The van der Waals surface area contributed by atoms with E-state index in [4.69, 9.17) is 11.6 Å². The van der Waals surface area contributed by atoms with E-state index in [0.29, 0.717) is 49.6 Å². The van der Waals surface area contributed by atoms with Gasteiger partial charge in [0, 0.05) is 49.4 Å². The van der Waals surface area contributed by atoms with E-state index in [1.165, 1.54) is 0 Å². The summed E-state index contributed by atoms with van der Waals surface area (Å²) in [5.74, 6) is -0.317. The maximum Gasteiger partial charge on any atom is 0.254 e. The minimum atomic E-state index is -1.16. The van der Waals surface area contributed by atoms with Gasteiger partial charge in [-0.2, -0.15) is 0 Å². The minimum Gasteiger partial charge on any atom is -0.380 e. The molecular weight excluding hydrogens is 416 g/mol. The lowest BCUT2D eigenvalue weighted by Gasteiger charge is -2.35. The van der Waals surface area contributed by atoms with Gasteiger partial charge < -0.3 is 19.5 Å². The Morgan fingerprint density at radius 2 is 1.74 bits per heavy atom. The van der Waals surface area contributed by atoms with Crippen molar-refractivity contribution in [3.63, 3.8) is 0 Å². The SMILES string of the molecule is Cn1cnc2cc(-c3ccc(C(=O)N4CCN(C(=O)C5(O)CC5)CC4)cc3Cl)ccc21. The first-order valence-corrected chi connectivity index (χ1v) is 10.8. The molecule has 5 rings (SSSR count). The van der Waals surface area contributed by atoms with Crippen LogP contribution in [-0.4, -0.2) is 68.1 Å².